The van der Waals surface area contributed by atoms with Gasteiger partial charge < -0.3 is 10.1 Å². The number of nitrogens with one attached hydrogen (secondary N) is 1. The van der Waals surface area contributed by atoms with Crippen molar-refractivity contribution in [2.24, 2.45) is 5.92 Å². The Hall–Kier alpha value is -1.00. The van der Waals surface area contributed by atoms with Crippen molar-refractivity contribution in [3.8, 4) is 0 Å². The summed E-state index contributed by atoms with van der Waals surface area (Å²) in [4.78, 5) is 0. The minimum absolute atomic E-state index is 0.356. The van der Waals surface area contributed by atoms with E-state index in [4.69, 9.17) is 4.74 Å². The molecular weight excluding hydrogens is 224 g/mol. The van der Waals surface area contributed by atoms with Crippen LogP contribution in [0.15, 0.2) is 18.2 Å². The Bertz CT molecular complexity index is 364. The van der Waals surface area contributed by atoms with Gasteiger partial charge in [-0.2, -0.15) is 0 Å². The van der Waals surface area contributed by atoms with Crippen LogP contribution < -0.4 is 5.32 Å². The largest absolute Gasteiger partial charge is 0.381 e. The van der Waals surface area contributed by atoms with Crippen LogP contribution in [0.2, 0.25) is 0 Å². The van der Waals surface area contributed by atoms with Crippen LogP contribution in [0.3, 0.4) is 0 Å². The number of rotatable bonds is 4. The first kappa shape index (κ1) is 12.5. The van der Waals surface area contributed by atoms with Gasteiger partial charge in [-0.1, -0.05) is 0 Å². The summed E-state index contributed by atoms with van der Waals surface area (Å²) in [6.07, 6.45) is 2.08. The summed E-state index contributed by atoms with van der Waals surface area (Å²) in [5, 5.41) is 3.18. The molecule has 2 nitrogen and oxygen atoms in total. The van der Waals surface area contributed by atoms with E-state index in [-0.39, 0.29) is 5.82 Å². The van der Waals surface area contributed by atoms with Crippen LogP contribution in [0, 0.1) is 17.6 Å². The quantitative estimate of drug-likeness (QED) is 0.874. The zero-order valence-electron chi connectivity index (χ0n) is 9.72. The molecule has 1 aliphatic heterocycles. The Morgan fingerprint density at radius 2 is 2.00 bits per heavy atom. The number of hydrogen-bond acceptors (Lipinski definition) is 2. The maximum absolute atomic E-state index is 13.3. The van der Waals surface area contributed by atoms with Crippen LogP contribution in [0.5, 0.6) is 0 Å². The zero-order chi connectivity index (χ0) is 12.1. The highest BCUT2D eigenvalue weighted by Gasteiger charge is 2.13. The van der Waals surface area contributed by atoms with Gasteiger partial charge in [-0.15, -0.1) is 0 Å². The molecule has 0 radical (unpaired) electrons. The second kappa shape index (κ2) is 6.07. The van der Waals surface area contributed by atoms with E-state index in [2.05, 4.69) is 5.32 Å². The van der Waals surface area contributed by atoms with Gasteiger partial charge in [0.05, 0.1) is 0 Å². The average molecular weight is 241 g/mol. The molecule has 0 atom stereocenters. The summed E-state index contributed by atoms with van der Waals surface area (Å²) in [5.74, 6) is -0.166. The Balaban J connectivity index is 1.79. The first-order chi connectivity index (χ1) is 8.25. The average Bonchev–Trinajstić information content (AvgIpc) is 2.35. The highest BCUT2D eigenvalue weighted by Crippen LogP contribution is 2.14. The van der Waals surface area contributed by atoms with E-state index >= 15 is 0 Å². The lowest BCUT2D eigenvalue weighted by Gasteiger charge is -2.22. The smallest absolute Gasteiger partial charge is 0.127 e. The van der Waals surface area contributed by atoms with Crippen molar-refractivity contribution < 1.29 is 13.5 Å². The SMILES string of the molecule is Fc1ccc(F)c(CNCC2CCOCC2)c1. The highest BCUT2D eigenvalue weighted by atomic mass is 19.1. The monoisotopic (exact) mass is 241 g/mol. The Labute approximate surface area is 100.0 Å². The van der Waals surface area contributed by atoms with Gasteiger partial charge >= 0.3 is 0 Å². The first-order valence-electron chi connectivity index (χ1n) is 5.98. The first-order valence-corrected chi connectivity index (χ1v) is 5.98. The van der Waals surface area contributed by atoms with Crippen molar-refractivity contribution in [2.75, 3.05) is 19.8 Å². The lowest BCUT2D eigenvalue weighted by molar-refractivity contribution is 0.0662. The third kappa shape index (κ3) is 3.75. The van der Waals surface area contributed by atoms with E-state index in [1.165, 1.54) is 12.1 Å². The molecule has 0 aliphatic carbocycles. The van der Waals surface area contributed by atoms with Crippen LogP contribution in [0.1, 0.15) is 18.4 Å². The van der Waals surface area contributed by atoms with Crippen molar-refractivity contribution in [1.29, 1.82) is 0 Å². The van der Waals surface area contributed by atoms with Gasteiger partial charge in [-0.3, -0.25) is 0 Å². The fourth-order valence-electron chi connectivity index (χ4n) is 2.04. The van der Waals surface area contributed by atoms with Gasteiger partial charge in [0.1, 0.15) is 11.6 Å². The minimum atomic E-state index is -0.394. The lowest BCUT2D eigenvalue weighted by atomic mass is 10.0. The Morgan fingerprint density at radius 3 is 2.76 bits per heavy atom. The fraction of sp³-hybridized carbons (Fsp3) is 0.538. The lowest BCUT2D eigenvalue weighted by Crippen LogP contribution is -2.27. The Kier molecular flexibility index (Phi) is 4.45. The van der Waals surface area contributed by atoms with Crippen molar-refractivity contribution >= 4 is 0 Å². The highest BCUT2D eigenvalue weighted by molar-refractivity contribution is 5.18. The molecule has 1 saturated heterocycles. The van der Waals surface area contributed by atoms with Crippen LogP contribution in [-0.2, 0) is 11.3 Å². The molecule has 0 unspecified atom stereocenters. The second-order valence-electron chi connectivity index (χ2n) is 4.42. The molecule has 94 valence electrons. The summed E-state index contributed by atoms with van der Waals surface area (Å²) < 4.78 is 31.5. The van der Waals surface area contributed by atoms with E-state index in [1.807, 2.05) is 0 Å². The number of ether oxygens (including phenoxy) is 1. The molecule has 1 N–H and O–H groups in total. The van der Waals surface area contributed by atoms with Crippen molar-refractivity contribution in [3.05, 3.63) is 35.4 Å². The molecule has 0 amide bonds. The third-order valence-electron chi connectivity index (χ3n) is 3.10. The van der Waals surface area contributed by atoms with Gasteiger partial charge in [-0.05, 0) is 43.5 Å². The van der Waals surface area contributed by atoms with Crippen molar-refractivity contribution in [3.63, 3.8) is 0 Å². The maximum Gasteiger partial charge on any atom is 0.127 e. The van der Waals surface area contributed by atoms with Crippen molar-refractivity contribution in [1.82, 2.24) is 5.32 Å². The summed E-state index contributed by atoms with van der Waals surface area (Å²) in [6, 6.07) is 3.55. The van der Waals surface area contributed by atoms with Crippen LogP contribution >= 0.6 is 0 Å². The van der Waals surface area contributed by atoms with Crippen molar-refractivity contribution in [2.45, 2.75) is 19.4 Å². The molecule has 0 saturated carbocycles. The normalized spacial score (nSPS) is 17.3. The Morgan fingerprint density at radius 1 is 1.24 bits per heavy atom. The van der Waals surface area contributed by atoms with E-state index in [0.717, 1.165) is 38.7 Å². The van der Waals surface area contributed by atoms with E-state index in [1.54, 1.807) is 0 Å². The topological polar surface area (TPSA) is 21.3 Å². The van der Waals surface area contributed by atoms with Gasteiger partial charge in [0, 0.05) is 25.3 Å². The molecule has 1 heterocycles. The molecular formula is C13H17F2NO. The molecule has 4 heteroatoms. The minimum Gasteiger partial charge on any atom is -0.381 e. The van der Waals surface area contributed by atoms with Crippen LogP contribution in [0.25, 0.3) is 0 Å². The molecule has 2 rings (SSSR count). The second-order valence-corrected chi connectivity index (χ2v) is 4.42. The molecule has 0 spiro atoms. The molecule has 0 bridgehead atoms. The summed E-state index contributed by atoms with van der Waals surface area (Å²) >= 11 is 0. The summed E-state index contributed by atoms with van der Waals surface area (Å²) in [6.45, 7) is 2.82. The summed E-state index contributed by atoms with van der Waals surface area (Å²) in [7, 11) is 0. The standard InChI is InChI=1S/C13H17F2NO/c14-12-1-2-13(15)11(7-12)9-16-8-10-3-5-17-6-4-10/h1-2,7,10,16H,3-6,8-9H2. The molecule has 1 fully saturated rings. The van der Waals surface area contributed by atoms with Gasteiger partial charge in [-0.25, -0.2) is 8.78 Å². The number of halogens is 2. The van der Waals surface area contributed by atoms with Crippen LogP contribution in [-0.4, -0.2) is 19.8 Å². The number of benzene rings is 1. The van der Waals surface area contributed by atoms with Crippen LogP contribution in [0.4, 0.5) is 8.78 Å². The number of hydrogen-bond donors (Lipinski definition) is 1. The molecule has 1 aromatic rings. The molecule has 1 aromatic carbocycles. The van der Waals surface area contributed by atoms with E-state index in [0.29, 0.717) is 18.0 Å². The maximum atomic E-state index is 13.3. The molecule has 1 aliphatic rings. The van der Waals surface area contributed by atoms with E-state index < -0.39 is 5.82 Å². The third-order valence-corrected chi connectivity index (χ3v) is 3.10. The predicted molar refractivity (Wildman–Crippen MR) is 61.6 cm³/mol. The van der Waals surface area contributed by atoms with Gasteiger partial charge in [0.25, 0.3) is 0 Å². The summed E-state index contributed by atoms with van der Waals surface area (Å²) in [5.41, 5.74) is 0.386. The molecule has 0 aromatic heterocycles. The van der Waals surface area contributed by atoms with E-state index in [9.17, 15) is 8.78 Å². The zero-order valence-corrected chi connectivity index (χ0v) is 9.72. The predicted octanol–water partition coefficient (Wildman–Crippen LogP) is 2.48. The van der Waals surface area contributed by atoms with Gasteiger partial charge in [0.2, 0.25) is 0 Å². The molecule has 17 heavy (non-hydrogen) atoms. The fourth-order valence-corrected chi connectivity index (χ4v) is 2.04. The van der Waals surface area contributed by atoms with Gasteiger partial charge in [0.15, 0.2) is 0 Å².